The van der Waals surface area contributed by atoms with E-state index >= 15 is 4.39 Å². The van der Waals surface area contributed by atoms with Gasteiger partial charge in [-0.3, -0.25) is 4.79 Å². The molecule has 5 nitrogen and oxygen atoms in total. The second kappa shape index (κ2) is 6.73. The number of amides is 1. The zero-order chi connectivity index (χ0) is 17.2. The molecule has 0 aliphatic carbocycles. The first-order chi connectivity index (χ1) is 11.5. The van der Waals surface area contributed by atoms with Gasteiger partial charge in [-0.25, -0.2) is 9.37 Å². The molecule has 1 saturated heterocycles. The minimum Gasteiger partial charge on any atom is -0.467 e. The summed E-state index contributed by atoms with van der Waals surface area (Å²) < 4.78 is 20.1. The zero-order valence-electron chi connectivity index (χ0n) is 13.2. The smallest absolute Gasteiger partial charge is 0.316 e. The first-order valence-electron chi connectivity index (χ1n) is 7.63. The summed E-state index contributed by atoms with van der Waals surface area (Å²) in [6.45, 7) is 0.627. The van der Waals surface area contributed by atoms with E-state index in [2.05, 4.69) is 9.97 Å². The Bertz CT molecular complexity index is 748. The van der Waals surface area contributed by atoms with Crippen LogP contribution < -0.4 is 4.74 Å². The van der Waals surface area contributed by atoms with E-state index in [1.807, 2.05) is 0 Å². The van der Waals surface area contributed by atoms with Crippen molar-refractivity contribution in [1.82, 2.24) is 14.9 Å². The number of hydrogen-bond donors (Lipinski definition) is 0. The number of rotatable bonds is 3. The monoisotopic (exact) mass is 349 g/mol. The first-order valence-corrected chi connectivity index (χ1v) is 8.01. The predicted molar refractivity (Wildman–Crippen MR) is 88.0 cm³/mol. The van der Waals surface area contributed by atoms with E-state index in [9.17, 15) is 4.79 Å². The van der Waals surface area contributed by atoms with Gasteiger partial charge < -0.3 is 9.64 Å². The van der Waals surface area contributed by atoms with E-state index in [0.29, 0.717) is 23.7 Å². The third-order valence-electron chi connectivity index (χ3n) is 4.22. The SMILES string of the molecule is COc1nccc(C(=O)N2CCC(F)(c3cccc(Cl)c3)CC2)n1. The molecule has 1 amide bonds. The summed E-state index contributed by atoms with van der Waals surface area (Å²) in [4.78, 5) is 22.0. The van der Waals surface area contributed by atoms with Crippen molar-refractivity contribution in [2.24, 2.45) is 0 Å². The molecule has 0 radical (unpaired) electrons. The highest BCUT2D eigenvalue weighted by Crippen LogP contribution is 2.38. The molecule has 0 bridgehead atoms. The Morgan fingerprint density at radius 1 is 1.33 bits per heavy atom. The number of benzene rings is 1. The van der Waals surface area contributed by atoms with Crippen molar-refractivity contribution in [3.05, 3.63) is 52.8 Å². The fourth-order valence-electron chi connectivity index (χ4n) is 2.84. The van der Waals surface area contributed by atoms with Gasteiger partial charge in [0.25, 0.3) is 5.91 Å². The number of carbonyl (C=O) groups excluding carboxylic acids is 1. The van der Waals surface area contributed by atoms with Crippen LogP contribution in [0.2, 0.25) is 5.02 Å². The molecule has 1 aromatic heterocycles. The number of halogens is 2. The molecule has 0 atom stereocenters. The van der Waals surface area contributed by atoms with E-state index in [-0.39, 0.29) is 30.5 Å². The molecule has 2 heterocycles. The molecular formula is C17H17ClFN3O2. The summed E-state index contributed by atoms with van der Waals surface area (Å²) in [6.07, 6.45) is 1.91. The van der Waals surface area contributed by atoms with E-state index in [1.54, 1.807) is 29.2 Å². The number of carbonyl (C=O) groups is 1. The molecule has 7 heteroatoms. The minimum atomic E-state index is -1.47. The number of methoxy groups -OCH3 is 1. The molecule has 126 valence electrons. The lowest BCUT2D eigenvalue weighted by Crippen LogP contribution is -2.43. The number of alkyl halides is 1. The van der Waals surface area contributed by atoms with Gasteiger partial charge in [-0.15, -0.1) is 0 Å². The van der Waals surface area contributed by atoms with Crippen LogP contribution in [0.5, 0.6) is 6.01 Å². The van der Waals surface area contributed by atoms with E-state index < -0.39 is 5.67 Å². The van der Waals surface area contributed by atoms with E-state index in [1.165, 1.54) is 19.4 Å². The van der Waals surface area contributed by atoms with E-state index in [4.69, 9.17) is 16.3 Å². The number of nitrogens with zero attached hydrogens (tertiary/aromatic N) is 3. The second-order valence-corrected chi connectivity index (χ2v) is 6.13. The van der Waals surface area contributed by atoms with Crippen molar-refractivity contribution in [2.75, 3.05) is 20.2 Å². The maximum Gasteiger partial charge on any atom is 0.316 e. The molecule has 0 saturated carbocycles. The van der Waals surface area contributed by atoms with Crippen LogP contribution in [0, 0.1) is 0 Å². The van der Waals surface area contributed by atoms with Gasteiger partial charge in [0.05, 0.1) is 7.11 Å². The van der Waals surface area contributed by atoms with Gasteiger partial charge in [-0.05, 0) is 23.8 Å². The molecule has 0 unspecified atom stereocenters. The van der Waals surface area contributed by atoms with Crippen LogP contribution in [-0.2, 0) is 5.67 Å². The van der Waals surface area contributed by atoms with Gasteiger partial charge in [-0.2, -0.15) is 4.98 Å². The molecule has 0 spiro atoms. The summed E-state index contributed by atoms with van der Waals surface area (Å²) in [5.41, 5.74) is -0.660. The Morgan fingerprint density at radius 2 is 2.08 bits per heavy atom. The minimum absolute atomic E-state index is 0.136. The standard InChI is InChI=1S/C17H17ClFN3O2/c1-24-16-20-8-5-14(21-16)15(23)22-9-6-17(19,7-10-22)12-3-2-4-13(18)11-12/h2-5,8,11H,6-7,9-10H2,1H3. The third-order valence-corrected chi connectivity index (χ3v) is 4.46. The zero-order valence-corrected chi connectivity index (χ0v) is 14.0. The topological polar surface area (TPSA) is 55.3 Å². The third kappa shape index (κ3) is 3.33. The van der Waals surface area contributed by atoms with Gasteiger partial charge >= 0.3 is 6.01 Å². The van der Waals surface area contributed by atoms with Crippen LogP contribution >= 0.6 is 11.6 Å². The molecule has 1 aromatic carbocycles. The highest BCUT2D eigenvalue weighted by atomic mass is 35.5. The van der Waals surface area contributed by atoms with Gasteiger partial charge in [0.2, 0.25) is 0 Å². The van der Waals surface area contributed by atoms with Crippen LogP contribution in [0.1, 0.15) is 28.9 Å². The summed E-state index contributed by atoms with van der Waals surface area (Å²) in [7, 11) is 1.44. The number of hydrogen-bond acceptors (Lipinski definition) is 4. The van der Waals surface area contributed by atoms with Crippen molar-refractivity contribution in [3.8, 4) is 6.01 Å². The average molecular weight is 350 g/mol. The lowest BCUT2D eigenvalue weighted by atomic mass is 9.86. The maximum absolute atomic E-state index is 15.2. The van der Waals surface area contributed by atoms with Crippen molar-refractivity contribution in [1.29, 1.82) is 0 Å². The normalized spacial score (nSPS) is 16.7. The highest BCUT2D eigenvalue weighted by molar-refractivity contribution is 6.30. The molecule has 0 N–H and O–H groups in total. The van der Waals surface area contributed by atoms with Gasteiger partial charge in [0, 0.05) is 37.2 Å². The van der Waals surface area contributed by atoms with Gasteiger partial charge in [0.15, 0.2) is 0 Å². The summed E-state index contributed by atoms with van der Waals surface area (Å²) in [5, 5.41) is 0.510. The number of piperidine rings is 1. The van der Waals surface area contributed by atoms with Crippen molar-refractivity contribution in [2.45, 2.75) is 18.5 Å². The van der Waals surface area contributed by atoms with Crippen LogP contribution in [-0.4, -0.2) is 41.0 Å². The Hall–Kier alpha value is -2.21. The van der Waals surface area contributed by atoms with Crippen molar-refractivity contribution < 1.29 is 13.9 Å². The van der Waals surface area contributed by atoms with Crippen LogP contribution in [0.3, 0.4) is 0 Å². The predicted octanol–water partition coefficient (Wildman–Crippen LogP) is 3.24. The Balaban J connectivity index is 1.71. The number of aromatic nitrogens is 2. The second-order valence-electron chi connectivity index (χ2n) is 5.70. The molecule has 1 aliphatic rings. The number of ether oxygens (including phenoxy) is 1. The fourth-order valence-corrected chi connectivity index (χ4v) is 3.03. The first kappa shape index (κ1) is 16.6. The lowest BCUT2D eigenvalue weighted by Gasteiger charge is -2.36. The van der Waals surface area contributed by atoms with Crippen LogP contribution in [0.15, 0.2) is 36.5 Å². The van der Waals surface area contributed by atoms with Crippen LogP contribution in [0.4, 0.5) is 4.39 Å². The summed E-state index contributed by atoms with van der Waals surface area (Å²) >= 11 is 5.96. The Labute approximate surface area is 144 Å². The molecule has 1 aliphatic heterocycles. The molecule has 24 heavy (non-hydrogen) atoms. The van der Waals surface area contributed by atoms with Gasteiger partial charge in [0.1, 0.15) is 11.4 Å². The largest absolute Gasteiger partial charge is 0.467 e. The van der Waals surface area contributed by atoms with Crippen molar-refractivity contribution in [3.63, 3.8) is 0 Å². The summed E-state index contributed by atoms with van der Waals surface area (Å²) in [6, 6.07) is 8.50. The lowest BCUT2D eigenvalue weighted by molar-refractivity contribution is 0.0416. The highest BCUT2D eigenvalue weighted by Gasteiger charge is 2.38. The average Bonchev–Trinajstić information content (AvgIpc) is 2.62. The molecular weight excluding hydrogens is 333 g/mol. The Kier molecular flexibility index (Phi) is 4.66. The molecule has 1 fully saturated rings. The molecule has 2 aromatic rings. The quantitative estimate of drug-likeness (QED) is 0.853. The maximum atomic E-state index is 15.2. The number of likely N-dealkylation sites (tertiary alicyclic amines) is 1. The Morgan fingerprint density at radius 3 is 2.75 bits per heavy atom. The van der Waals surface area contributed by atoms with Gasteiger partial charge in [-0.1, -0.05) is 23.7 Å². The van der Waals surface area contributed by atoms with E-state index in [0.717, 1.165) is 0 Å². The van der Waals surface area contributed by atoms with Crippen molar-refractivity contribution >= 4 is 17.5 Å². The fraction of sp³-hybridized carbons (Fsp3) is 0.353. The van der Waals surface area contributed by atoms with Crippen LogP contribution in [0.25, 0.3) is 0 Å². The molecule has 3 rings (SSSR count). The summed E-state index contributed by atoms with van der Waals surface area (Å²) in [5.74, 6) is -0.246.